The molecular formula is C15H14F2N2O5S. The number of pyridine rings is 1. The fourth-order valence-corrected chi connectivity index (χ4v) is 2.06. The van der Waals surface area contributed by atoms with Gasteiger partial charge >= 0.3 is 22.1 Å². The van der Waals surface area contributed by atoms with Crippen molar-refractivity contribution in [1.29, 1.82) is 0 Å². The van der Waals surface area contributed by atoms with Crippen molar-refractivity contribution in [2.75, 3.05) is 11.1 Å². The van der Waals surface area contributed by atoms with Crippen LogP contribution in [0, 0.1) is 0 Å². The molecule has 7 nitrogen and oxygen atoms in total. The van der Waals surface area contributed by atoms with E-state index in [1.165, 1.54) is 49.4 Å². The number of nitrogens with one attached hydrogen (secondary N) is 1. The summed E-state index contributed by atoms with van der Waals surface area (Å²) in [6.45, 7) is 1.36. The number of halogens is 2. The topological polar surface area (TPSA) is 94.6 Å². The van der Waals surface area contributed by atoms with E-state index in [1.54, 1.807) is 6.07 Å². The van der Waals surface area contributed by atoms with Gasteiger partial charge in [0, 0.05) is 6.07 Å². The summed E-state index contributed by atoms with van der Waals surface area (Å²) in [5.41, 5.74) is 0. The molecular weight excluding hydrogens is 358 g/mol. The predicted molar refractivity (Wildman–Crippen MR) is 85.0 cm³/mol. The van der Waals surface area contributed by atoms with Crippen LogP contribution in [0.3, 0.4) is 0 Å². The number of benzene rings is 1. The van der Waals surface area contributed by atoms with Crippen molar-refractivity contribution in [2.45, 2.75) is 13.0 Å². The molecule has 1 heterocycles. The van der Waals surface area contributed by atoms with Crippen LogP contribution in [0.15, 0.2) is 48.5 Å². The quantitative estimate of drug-likeness (QED) is 0.750. The van der Waals surface area contributed by atoms with Crippen molar-refractivity contribution >= 4 is 21.8 Å². The van der Waals surface area contributed by atoms with Crippen LogP contribution >= 0.6 is 0 Å². The first kappa shape index (κ1) is 18.6. The molecule has 1 aromatic heterocycles. The lowest BCUT2D eigenvalue weighted by Gasteiger charge is -2.17. The van der Waals surface area contributed by atoms with Crippen LogP contribution < -0.4 is 14.2 Å². The average molecular weight is 372 g/mol. The molecule has 25 heavy (non-hydrogen) atoms. The second kappa shape index (κ2) is 7.43. The van der Waals surface area contributed by atoms with Gasteiger partial charge in [-0.15, -0.1) is 0 Å². The Bertz CT molecular complexity index is 844. The molecule has 0 unspecified atom stereocenters. The zero-order valence-electron chi connectivity index (χ0n) is 13.0. The Morgan fingerprint density at radius 3 is 2.48 bits per heavy atom. The van der Waals surface area contributed by atoms with Crippen LogP contribution in [0.4, 0.5) is 14.6 Å². The summed E-state index contributed by atoms with van der Waals surface area (Å²) >= 11 is 0. The highest BCUT2D eigenvalue weighted by Gasteiger charge is 2.42. The summed E-state index contributed by atoms with van der Waals surface area (Å²) in [5, 5.41) is 1.85. The predicted octanol–water partition coefficient (Wildman–Crippen LogP) is 2.42. The monoisotopic (exact) mass is 372 g/mol. The molecule has 1 aromatic carbocycles. The zero-order chi connectivity index (χ0) is 18.5. The van der Waals surface area contributed by atoms with Gasteiger partial charge in [-0.25, -0.2) is 0 Å². The molecule has 134 valence electrons. The van der Waals surface area contributed by atoms with E-state index in [9.17, 15) is 22.0 Å². The number of nitrogens with zero attached hydrogens (tertiary/aromatic N) is 1. The first-order valence-electron chi connectivity index (χ1n) is 7.04. The number of hydrogen-bond acceptors (Lipinski definition) is 6. The van der Waals surface area contributed by atoms with Gasteiger partial charge in [-0.1, -0.05) is 24.3 Å². The van der Waals surface area contributed by atoms with Gasteiger partial charge in [0.15, 0.2) is 0 Å². The third-order valence-corrected chi connectivity index (χ3v) is 3.92. The molecule has 0 bridgehead atoms. The van der Waals surface area contributed by atoms with Crippen molar-refractivity contribution < 1.29 is 30.9 Å². The fraction of sp³-hybridized carbons (Fsp3) is 0.200. The second-order valence-corrected chi connectivity index (χ2v) is 6.54. The Kier molecular flexibility index (Phi) is 5.52. The minimum Gasteiger partial charge on any atom is -0.425 e. The molecule has 0 spiro atoms. The third kappa shape index (κ3) is 5.38. The third-order valence-electron chi connectivity index (χ3n) is 2.78. The maximum atomic E-state index is 13.8. The zero-order valence-corrected chi connectivity index (χ0v) is 13.8. The lowest BCUT2D eigenvalue weighted by atomic mass is 10.3. The SMILES string of the molecule is CCS(=O)(=O)Oc1cccc(NC(=O)C(F)(F)Oc2ccccc2)n1. The highest BCUT2D eigenvalue weighted by atomic mass is 32.2. The Morgan fingerprint density at radius 1 is 1.16 bits per heavy atom. The highest BCUT2D eigenvalue weighted by Crippen LogP contribution is 2.23. The molecule has 0 radical (unpaired) electrons. The Morgan fingerprint density at radius 2 is 1.84 bits per heavy atom. The van der Waals surface area contributed by atoms with Gasteiger partial charge in [-0.05, 0) is 25.1 Å². The lowest BCUT2D eigenvalue weighted by molar-refractivity contribution is -0.187. The maximum absolute atomic E-state index is 13.8. The van der Waals surface area contributed by atoms with Crippen LogP contribution in [-0.4, -0.2) is 31.2 Å². The first-order chi connectivity index (χ1) is 11.7. The summed E-state index contributed by atoms with van der Waals surface area (Å²) in [4.78, 5) is 15.4. The molecule has 2 rings (SSSR count). The standard InChI is InChI=1S/C15H14F2N2O5S/c1-2-25(21,22)24-13-10-6-9-12(18-13)19-14(20)15(16,17)23-11-7-4-3-5-8-11/h3-10H,2H2,1H3,(H,18,19,20). The number of aromatic nitrogens is 1. The van der Waals surface area contributed by atoms with Crippen LogP contribution in [0.1, 0.15) is 6.92 Å². The Labute approximate surface area is 142 Å². The molecule has 2 aromatic rings. The van der Waals surface area contributed by atoms with E-state index in [-0.39, 0.29) is 23.2 Å². The molecule has 0 fully saturated rings. The molecule has 0 aliphatic heterocycles. The largest absolute Gasteiger partial charge is 0.482 e. The number of amides is 1. The van der Waals surface area contributed by atoms with Gasteiger partial charge in [0.1, 0.15) is 11.6 Å². The van der Waals surface area contributed by atoms with Crippen LogP contribution in [-0.2, 0) is 14.9 Å². The molecule has 0 aliphatic carbocycles. The van der Waals surface area contributed by atoms with Crippen LogP contribution in [0.2, 0.25) is 0 Å². The van der Waals surface area contributed by atoms with Crippen molar-refractivity contribution in [3.63, 3.8) is 0 Å². The summed E-state index contributed by atoms with van der Waals surface area (Å²) in [7, 11) is -3.83. The number of para-hydroxylation sites is 1. The van der Waals surface area contributed by atoms with Gasteiger partial charge in [0.2, 0.25) is 5.88 Å². The van der Waals surface area contributed by atoms with E-state index < -0.39 is 22.1 Å². The molecule has 0 saturated carbocycles. The lowest BCUT2D eigenvalue weighted by Crippen LogP contribution is -2.40. The van der Waals surface area contributed by atoms with Gasteiger partial charge in [-0.3, -0.25) is 4.79 Å². The highest BCUT2D eigenvalue weighted by molar-refractivity contribution is 7.87. The van der Waals surface area contributed by atoms with E-state index in [4.69, 9.17) is 0 Å². The smallest absolute Gasteiger partial charge is 0.425 e. The van der Waals surface area contributed by atoms with E-state index >= 15 is 0 Å². The van der Waals surface area contributed by atoms with Gasteiger partial charge < -0.3 is 14.2 Å². The number of anilines is 1. The van der Waals surface area contributed by atoms with Crippen molar-refractivity contribution in [1.82, 2.24) is 4.98 Å². The van der Waals surface area contributed by atoms with E-state index in [2.05, 4.69) is 13.9 Å². The van der Waals surface area contributed by atoms with Crippen LogP contribution in [0.25, 0.3) is 0 Å². The van der Waals surface area contributed by atoms with Gasteiger partial charge in [0.25, 0.3) is 0 Å². The summed E-state index contributed by atoms with van der Waals surface area (Å²) in [5.74, 6) is -2.92. The Hall–Kier alpha value is -2.75. The molecule has 0 atom stereocenters. The minimum atomic E-state index is -4.16. The number of carbonyl (C=O) groups excluding carboxylic acids is 1. The van der Waals surface area contributed by atoms with E-state index in [1.807, 2.05) is 5.32 Å². The van der Waals surface area contributed by atoms with Crippen LogP contribution in [0.5, 0.6) is 11.6 Å². The summed E-state index contributed by atoms with van der Waals surface area (Å²) < 4.78 is 59.4. The second-order valence-electron chi connectivity index (χ2n) is 4.68. The number of alkyl halides is 2. The molecule has 0 saturated heterocycles. The molecule has 0 aliphatic rings. The normalized spacial score (nSPS) is 11.6. The van der Waals surface area contributed by atoms with E-state index in [0.717, 1.165) is 0 Å². The summed E-state index contributed by atoms with van der Waals surface area (Å²) in [6.07, 6.45) is -4.16. The average Bonchev–Trinajstić information content (AvgIpc) is 2.55. The number of hydrogen-bond donors (Lipinski definition) is 1. The fourth-order valence-electron chi connectivity index (χ4n) is 1.59. The minimum absolute atomic E-state index is 0.193. The van der Waals surface area contributed by atoms with Crippen molar-refractivity contribution in [3.8, 4) is 11.6 Å². The Balaban J connectivity index is 2.09. The van der Waals surface area contributed by atoms with Gasteiger partial charge in [-0.2, -0.15) is 22.2 Å². The summed E-state index contributed by atoms with van der Waals surface area (Å²) in [6, 6.07) is 10.8. The van der Waals surface area contributed by atoms with Crippen molar-refractivity contribution in [2.24, 2.45) is 0 Å². The molecule has 10 heteroatoms. The first-order valence-corrected chi connectivity index (χ1v) is 8.62. The van der Waals surface area contributed by atoms with Gasteiger partial charge in [0.05, 0.1) is 5.75 Å². The molecule has 1 amide bonds. The van der Waals surface area contributed by atoms with E-state index in [0.29, 0.717) is 0 Å². The maximum Gasteiger partial charge on any atom is 0.482 e. The number of ether oxygens (including phenoxy) is 1. The number of rotatable bonds is 7. The van der Waals surface area contributed by atoms with Crippen molar-refractivity contribution in [3.05, 3.63) is 48.5 Å². The molecule has 1 N–H and O–H groups in total. The number of carbonyl (C=O) groups is 1.